The first-order valence-corrected chi connectivity index (χ1v) is 24.0. The third-order valence-electron chi connectivity index (χ3n) is 14.7. The highest BCUT2D eigenvalue weighted by Gasteiger charge is 2.47. The van der Waals surface area contributed by atoms with Gasteiger partial charge in [-0.25, -0.2) is 4.79 Å². The number of allylic oxidation sites excluding steroid dienone is 6. The van der Waals surface area contributed by atoms with Gasteiger partial charge in [-0.15, -0.1) is 0 Å². The summed E-state index contributed by atoms with van der Waals surface area (Å²) in [6.07, 6.45) is 8.76. The number of carbonyl (C=O) groups excluding carboxylic acids is 2. The predicted molar refractivity (Wildman–Crippen MR) is 270 cm³/mol. The minimum atomic E-state index is -1.32. The first kappa shape index (κ1) is 45.6. The van der Waals surface area contributed by atoms with E-state index in [2.05, 4.69) is 75.0 Å². The van der Waals surface area contributed by atoms with E-state index in [4.69, 9.17) is 0 Å². The largest absolute Gasteiger partial charge is 0.871 e. The van der Waals surface area contributed by atoms with Gasteiger partial charge in [0.2, 0.25) is 11.4 Å². The maximum atomic E-state index is 14.2. The lowest BCUT2D eigenvalue weighted by molar-refractivity contribution is -0.438. The molecule has 70 heavy (non-hydrogen) atoms. The van der Waals surface area contributed by atoms with Gasteiger partial charge in [0, 0.05) is 87.0 Å². The van der Waals surface area contributed by atoms with Crippen molar-refractivity contribution in [3.63, 3.8) is 0 Å². The zero-order chi connectivity index (χ0) is 49.4. The Hall–Kier alpha value is -8.16. The molecule has 0 fully saturated rings. The van der Waals surface area contributed by atoms with Crippen LogP contribution >= 0.6 is 0 Å². The Kier molecular flexibility index (Phi) is 11.1. The summed E-state index contributed by atoms with van der Waals surface area (Å²) in [5.41, 5.74) is 9.13. The Morgan fingerprint density at radius 3 is 1.51 bits per heavy atom. The van der Waals surface area contributed by atoms with E-state index < -0.39 is 22.4 Å². The number of hydrogen-bond acceptors (Lipinski definition) is 6. The standard InChI is InChI=1S/C60H52N4O6/c1-7-9-27-62-48-17-13-11-15-44(48)59(3,4)50(62)32-42-54(65)52(55(42)66)36-21-25-46-40(30-36)41-31-37(22-26-47(41)64(46)39-23-19-35(20-24-39)29-38(34-61)58(69)70)53-56(67)43(57(53)68)33-51-60(5,6)45-16-12-14-18-49(45)63(51)28-10-8-2/h11-26,29-33H,7-10,27-28H2,1-6H3,(H-2,65,66,67,68,69,70)/b38-29-. The molecule has 0 amide bonds. The topological polar surface area (TPSA) is 152 Å². The second-order valence-corrected chi connectivity index (χ2v) is 19.6. The number of carbonyl (C=O) groups is 3. The van der Waals surface area contributed by atoms with Gasteiger partial charge < -0.3 is 19.9 Å². The highest BCUT2D eigenvalue weighted by molar-refractivity contribution is 6.41. The minimum Gasteiger partial charge on any atom is -0.871 e. The maximum Gasteiger partial charge on any atom is 0.346 e. The van der Waals surface area contributed by atoms with E-state index in [0.717, 1.165) is 83.7 Å². The van der Waals surface area contributed by atoms with Gasteiger partial charge in [-0.05, 0) is 86.9 Å². The third-order valence-corrected chi connectivity index (χ3v) is 14.7. The number of nitriles is 1. The van der Waals surface area contributed by atoms with Gasteiger partial charge in [0.25, 0.3) is 0 Å². The third kappa shape index (κ3) is 7.02. The number of carboxylic acids is 1. The molecule has 0 atom stereocenters. The van der Waals surface area contributed by atoms with Crippen LogP contribution in [-0.4, -0.2) is 60.9 Å². The Morgan fingerprint density at radius 1 is 0.671 bits per heavy atom. The van der Waals surface area contributed by atoms with Crippen LogP contribution in [-0.2, 0) is 25.2 Å². The number of ketones is 2. The van der Waals surface area contributed by atoms with Crippen LogP contribution in [0.15, 0.2) is 150 Å². The lowest BCUT2D eigenvalue weighted by Crippen LogP contribution is -2.33. The lowest BCUT2D eigenvalue weighted by Gasteiger charge is -2.31. The molecule has 6 aromatic rings. The fourth-order valence-electron chi connectivity index (χ4n) is 10.8. The summed E-state index contributed by atoms with van der Waals surface area (Å²) < 4.78 is 6.48. The summed E-state index contributed by atoms with van der Waals surface area (Å²) in [7, 11) is 0. The van der Waals surface area contributed by atoms with Crippen LogP contribution in [0.4, 0.5) is 11.4 Å². The molecular formula is C60H52N4O6. The quantitative estimate of drug-likeness (QED) is 0.0688. The van der Waals surface area contributed by atoms with E-state index >= 15 is 0 Å². The molecule has 10 nitrogen and oxygen atoms in total. The second kappa shape index (κ2) is 17.1. The minimum absolute atomic E-state index is 0.0954. The normalized spacial score (nSPS) is 18.3. The molecule has 4 aliphatic rings. The summed E-state index contributed by atoms with van der Waals surface area (Å²) in [6.45, 7) is 14.3. The first-order chi connectivity index (χ1) is 33.6. The van der Waals surface area contributed by atoms with Crippen LogP contribution < -0.4 is 10.2 Å². The van der Waals surface area contributed by atoms with Gasteiger partial charge in [-0.1, -0.05) is 98.9 Å². The van der Waals surface area contributed by atoms with Crippen molar-refractivity contribution in [2.24, 2.45) is 0 Å². The molecular weight excluding hydrogens is 873 g/mol. The molecule has 5 aromatic carbocycles. The van der Waals surface area contributed by atoms with Crippen molar-refractivity contribution in [3.05, 3.63) is 177 Å². The fourth-order valence-corrected chi connectivity index (χ4v) is 10.8. The monoisotopic (exact) mass is 924 g/mol. The SMILES string of the molecule is CCCC[N+]1=C(/C=C2/C(=O)C(c3ccc4c(c3)c3cc(C5=C([O-])/C(=C\C6=[N+](CCCC)c7ccccc7C6(C)C)C5=O)ccc3n4-c3ccc(/C=C(/C#N)C(=O)O)cc3)=C2[O-])C(C)(C)c2ccccc21. The number of carboxylic acid groups (broad SMARTS) is 1. The number of para-hydroxylation sites is 2. The van der Waals surface area contributed by atoms with Crippen molar-refractivity contribution >= 4 is 79.4 Å². The fraction of sp³-hybridized carbons (Fsp3) is 0.233. The summed E-state index contributed by atoms with van der Waals surface area (Å²) in [5.74, 6) is -2.64. The smallest absolute Gasteiger partial charge is 0.346 e. The Morgan fingerprint density at radius 2 is 1.11 bits per heavy atom. The van der Waals surface area contributed by atoms with Crippen LogP contribution in [0, 0.1) is 11.3 Å². The predicted octanol–water partition coefficient (Wildman–Crippen LogP) is 9.69. The average molecular weight is 925 g/mol. The molecule has 1 aromatic heterocycles. The van der Waals surface area contributed by atoms with Gasteiger partial charge in [-0.2, -0.15) is 14.4 Å². The second-order valence-electron chi connectivity index (χ2n) is 19.6. The first-order valence-electron chi connectivity index (χ1n) is 24.0. The van der Waals surface area contributed by atoms with Gasteiger partial charge in [0.1, 0.15) is 24.7 Å². The molecule has 1 N–H and O–H groups in total. The van der Waals surface area contributed by atoms with Crippen molar-refractivity contribution in [3.8, 4) is 11.8 Å². The summed E-state index contributed by atoms with van der Waals surface area (Å²) in [6, 6.07) is 36.2. The zero-order valence-corrected chi connectivity index (χ0v) is 40.1. The van der Waals surface area contributed by atoms with Crippen molar-refractivity contribution in [2.75, 3.05) is 13.1 Å². The number of benzene rings is 5. The van der Waals surface area contributed by atoms with Gasteiger partial charge in [-0.3, -0.25) is 9.59 Å². The Bertz CT molecular complexity index is 3400. The van der Waals surface area contributed by atoms with Crippen LogP contribution in [0.1, 0.15) is 95.0 Å². The molecule has 0 unspecified atom stereocenters. The van der Waals surface area contributed by atoms with Gasteiger partial charge in [0.15, 0.2) is 23.0 Å². The number of hydrogen-bond donors (Lipinski definition) is 1. The highest BCUT2D eigenvalue weighted by Crippen LogP contribution is 2.46. The number of aromatic nitrogens is 1. The van der Waals surface area contributed by atoms with Crippen molar-refractivity contribution in [1.82, 2.24) is 4.57 Å². The zero-order valence-electron chi connectivity index (χ0n) is 40.1. The number of fused-ring (bicyclic) bond motifs is 5. The van der Waals surface area contributed by atoms with Crippen LogP contribution in [0.2, 0.25) is 0 Å². The molecule has 2 aliphatic heterocycles. The molecule has 0 radical (unpaired) electrons. The van der Waals surface area contributed by atoms with E-state index in [1.165, 1.54) is 6.08 Å². The van der Waals surface area contributed by atoms with E-state index in [1.54, 1.807) is 42.5 Å². The number of nitrogens with zero attached hydrogens (tertiary/aromatic N) is 4. The number of rotatable bonds is 13. The number of aliphatic carboxylic acids is 1. The highest BCUT2D eigenvalue weighted by atomic mass is 16.4. The molecule has 0 saturated heterocycles. The molecule has 0 spiro atoms. The van der Waals surface area contributed by atoms with E-state index in [9.17, 15) is 35.0 Å². The van der Waals surface area contributed by atoms with Crippen molar-refractivity contribution in [2.45, 2.75) is 78.1 Å². The molecule has 10 heteroatoms. The van der Waals surface area contributed by atoms with E-state index in [0.29, 0.717) is 33.2 Å². The Labute approximate surface area is 406 Å². The van der Waals surface area contributed by atoms with Gasteiger partial charge in [0.05, 0.1) is 21.9 Å². The molecule has 10 rings (SSSR count). The lowest BCUT2D eigenvalue weighted by atomic mass is 9.77. The summed E-state index contributed by atoms with van der Waals surface area (Å²) >= 11 is 0. The van der Waals surface area contributed by atoms with Crippen LogP contribution in [0.25, 0.3) is 44.7 Å². The van der Waals surface area contributed by atoms with Crippen LogP contribution in [0.3, 0.4) is 0 Å². The van der Waals surface area contributed by atoms with Crippen molar-refractivity contribution < 1.29 is 38.9 Å². The maximum absolute atomic E-state index is 14.2. The average Bonchev–Trinajstić information content (AvgIpc) is 3.87. The number of unbranched alkanes of at least 4 members (excludes halogenated alkanes) is 2. The van der Waals surface area contributed by atoms with E-state index in [-0.39, 0.29) is 45.4 Å². The van der Waals surface area contributed by atoms with E-state index in [1.807, 2.05) is 65.2 Å². The van der Waals surface area contributed by atoms with Crippen molar-refractivity contribution in [1.29, 1.82) is 5.26 Å². The molecule has 3 heterocycles. The molecule has 2 aliphatic carbocycles. The Balaban J connectivity index is 1.09. The molecule has 348 valence electrons. The summed E-state index contributed by atoms with van der Waals surface area (Å²) in [4.78, 5) is 40.1. The summed E-state index contributed by atoms with van der Waals surface area (Å²) in [5, 5.41) is 48.7. The molecule has 0 bridgehead atoms. The molecule has 0 saturated carbocycles. The number of Topliss-reactive ketones (excluding diaryl/α,β-unsaturated/α-hetero) is 2. The van der Waals surface area contributed by atoms with Gasteiger partial charge >= 0.3 is 5.97 Å². The van der Waals surface area contributed by atoms with Crippen LogP contribution in [0.5, 0.6) is 0 Å².